The average molecular weight is 848 g/mol. The van der Waals surface area contributed by atoms with E-state index in [-0.39, 0.29) is 41.2 Å². The summed E-state index contributed by atoms with van der Waals surface area (Å²) in [5, 5.41) is 42.4. The van der Waals surface area contributed by atoms with Crippen molar-refractivity contribution >= 4 is 11.6 Å². The van der Waals surface area contributed by atoms with Crippen molar-refractivity contribution in [1.82, 2.24) is 10.6 Å². The molecule has 0 aromatic rings. The minimum absolute atomic E-state index is 0.0338. The Labute approximate surface area is 369 Å². The summed E-state index contributed by atoms with van der Waals surface area (Å²) in [6, 6.07) is 0.354. The molecule has 2 saturated heterocycles. The summed E-state index contributed by atoms with van der Waals surface area (Å²) < 4.78 is 5.76. The van der Waals surface area contributed by atoms with E-state index in [9.17, 15) is 24.9 Å². The molecular weight excluding hydrogens is 763 g/mol. The minimum Gasteiger partial charge on any atom is -0.393 e. The van der Waals surface area contributed by atoms with Crippen LogP contribution in [0.1, 0.15) is 173 Å². The van der Waals surface area contributed by atoms with Crippen molar-refractivity contribution in [3.63, 3.8) is 0 Å². The highest BCUT2D eigenvalue weighted by atomic mass is 16.5. The summed E-state index contributed by atoms with van der Waals surface area (Å²) in [4.78, 5) is 26.2. The molecular formula is C52H85N3O6. The van der Waals surface area contributed by atoms with E-state index in [4.69, 9.17) is 10.5 Å². The van der Waals surface area contributed by atoms with Gasteiger partial charge in [-0.3, -0.25) is 9.59 Å². The van der Waals surface area contributed by atoms with Crippen LogP contribution in [0.5, 0.6) is 0 Å². The number of nitrogens with two attached hydrogens (primary N) is 1. The van der Waals surface area contributed by atoms with Gasteiger partial charge in [0.1, 0.15) is 17.5 Å². The minimum atomic E-state index is -0.795. The molecule has 0 aromatic carbocycles. The van der Waals surface area contributed by atoms with Crippen LogP contribution in [-0.2, 0) is 14.3 Å². The predicted molar refractivity (Wildman–Crippen MR) is 240 cm³/mol. The maximum Gasteiger partial charge on any atom is 0.150 e. The number of carbonyl (C=O) groups is 2. The maximum atomic E-state index is 14.0. The van der Waals surface area contributed by atoms with Crippen LogP contribution in [0.2, 0.25) is 0 Å². The van der Waals surface area contributed by atoms with Crippen molar-refractivity contribution in [2.24, 2.45) is 76.2 Å². The first-order chi connectivity index (χ1) is 29.6. The molecule has 7 fully saturated rings. The molecule has 0 amide bonds. The molecule has 17 atom stereocenters. The summed E-state index contributed by atoms with van der Waals surface area (Å²) in [5.41, 5.74) is 6.79. The van der Waals surface area contributed by atoms with Crippen LogP contribution in [0.15, 0.2) is 0 Å². The molecule has 8 aliphatic rings. The quantitative estimate of drug-likeness (QED) is 0.0979. The number of nitrogens with one attached hydrogen (secondary N) is 2. The lowest BCUT2D eigenvalue weighted by molar-refractivity contribution is -0.125. The van der Waals surface area contributed by atoms with Gasteiger partial charge in [-0.2, -0.15) is 0 Å². The Balaban J connectivity index is 0.932. The average Bonchev–Trinajstić information content (AvgIpc) is 3.77. The molecule has 9 heteroatoms. The topological polar surface area (TPSA) is 154 Å². The smallest absolute Gasteiger partial charge is 0.150 e. The molecule has 0 bridgehead atoms. The molecule has 5 saturated carbocycles. The highest BCUT2D eigenvalue weighted by molar-refractivity contribution is 5.84. The SMILES string of the molecule is COC1CC2CCC(=O)C(C(O)CCCC3(C4CNC5CC(=O)CCC5C4)CCCC3)C#CC(CCC(O)CC(C3CCNC(N)C3)C3CCC4CCCCC4C3)C2CC1O. The number of ether oxygens (including phenoxy) is 1. The van der Waals surface area contributed by atoms with Crippen LogP contribution in [0.4, 0.5) is 0 Å². The monoisotopic (exact) mass is 848 g/mol. The van der Waals surface area contributed by atoms with E-state index in [0.717, 1.165) is 82.7 Å². The summed E-state index contributed by atoms with van der Waals surface area (Å²) in [6.45, 7) is 1.95. The Morgan fingerprint density at radius 3 is 2.41 bits per heavy atom. The number of Topliss-reactive ketones (excluding diaryl/α,β-unsaturated/α-hetero) is 2. The molecule has 6 aliphatic carbocycles. The lowest BCUT2D eigenvalue weighted by Crippen LogP contribution is -2.52. The molecule has 0 spiro atoms. The Morgan fingerprint density at radius 1 is 0.820 bits per heavy atom. The number of aliphatic hydroxyl groups excluding tert-OH is 3. The standard InChI is InChI=1S/C52H85N3O6/c1-61-50-27-37-15-19-48(59)43(47(58)9-6-23-52(21-4-5-22-52)40-26-39-13-17-42(57)30-46(39)55-32-40)18-14-34(45(37)31-49(50)60)12-16-41(56)29-44(38-20-24-54-51(53)28-38)36-11-10-33-7-2-3-8-35(33)25-36/h33-41,43-47,49-51,54-56,58,60H,2-13,15-17,19-32,53H2,1H3. The molecule has 8 rings (SSSR count). The summed E-state index contributed by atoms with van der Waals surface area (Å²) in [7, 11) is 1.68. The molecule has 0 radical (unpaired) electrons. The Hall–Kier alpha value is -1.38. The number of rotatable bonds is 14. The molecule has 2 heterocycles. The zero-order valence-corrected chi connectivity index (χ0v) is 38.0. The van der Waals surface area contributed by atoms with E-state index in [2.05, 4.69) is 22.5 Å². The first kappa shape index (κ1) is 46.2. The fraction of sp³-hybridized carbons (Fsp3) is 0.923. The van der Waals surface area contributed by atoms with Crippen LogP contribution >= 0.6 is 0 Å². The molecule has 344 valence electrons. The van der Waals surface area contributed by atoms with Crippen molar-refractivity contribution in [3.8, 4) is 11.8 Å². The fourth-order valence-corrected chi connectivity index (χ4v) is 15.6. The Bertz CT molecular complexity index is 1510. The normalized spacial score (nSPS) is 42.0. The second-order valence-corrected chi connectivity index (χ2v) is 22.5. The predicted octanol–water partition coefficient (Wildman–Crippen LogP) is 7.46. The summed E-state index contributed by atoms with van der Waals surface area (Å²) in [6.07, 6.45) is 25.5. The molecule has 9 nitrogen and oxygen atoms in total. The van der Waals surface area contributed by atoms with Gasteiger partial charge in [0.25, 0.3) is 0 Å². The van der Waals surface area contributed by atoms with Crippen LogP contribution < -0.4 is 16.4 Å². The zero-order valence-electron chi connectivity index (χ0n) is 38.0. The van der Waals surface area contributed by atoms with E-state index in [0.29, 0.717) is 79.9 Å². The van der Waals surface area contributed by atoms with Gasteiger partial charge in [0.15, 0.2) is 0 Å². The lowest BCUT2D eigenvalue weighted by Gasteiger charge is -2.47. The van der Waals surface area contributed by atoms with Crippen LogP contribution in [0.3, 0.4) is 0 Å². The second-order valence-electron chi connectivity index (χ2n) is 22.5. The second kappa shape index (κ2) is 21.3. The van der Waals surface area contributed by atoms with Crippen LogP contribution in [0, 0.1) is 82.4 Å². The largest absolute Gasteiger partial charge is 0.393 e. The molecule has 7 N–H and O–H groups in total. The molecule has 0 aromatic heterocycles. The number of ketones is 2. The Kier molecular flexibility index (Phi) is 16.1. The highest BCUT2D eigenvalue weighted by Crippen LogP contribution is 2.53. The van der Waals surface area contributed by atoms with Gasteiger partial charge >= 0.3 is 0 Å². The summed E-state index contributed by atoms with van der Waals surface area (Å²) in [5.74, 6) is 11.7. The van der Waals surface area contributed by atoms with E-state index < -0.39 is 24.2 Å². The zero-order chi connectivity index (χ0) is 42.5. The number of carbonyl (C=O) groups excluding carboxylic acids is 2. The maximum absolute atomic E-state index is 14.0. The third-order valence-corrected chi connectivity index (χ3v) is 19.1. The van der Waals surface area contributed by atoms with Gasteiger partial charge in [-0.15, -0.1) is 0 Å². The van der Waals surface area contributed by atoms with Crippen molar-refractivity contribution < 1.29 is 29.6 Å². The number of hydrogen-bond donors (Lipinski definition) is 6. The van der Waals surface area contributed by atoms with E-state index in [1.807, 2.05) is 0 Å². The van der Waals surface area contributed by atoms with Crippen molar-refractivity contribution in [2.45, 2.75) is 210 Å². The third-order valence-electron chi connectivity index (χ3n) is 19.1. The van der Waals surface area contributed by atoms with Crippen molar-refractivity contribution in [3.05, 3.63) is 0 Å². The van der Waals surface area contributed by atoms with Gasteiger partial charge in [-0.1, -0.05) is 56.8 Å². The Morgan fingerprint density at radius 2 is 1.61 bits per heavy atom. The molecule has 2 aliphatic heterocycles. The van der Waals surface area contributed by atoms with Gasteiger partial charge in [0.2, 0.25) is 0 Å². The third kappa shape index (κ3) is 11.2. The van der Waals surface area contributed by atoms with E-state index in [1.54, 1.807) is 7.11 Å². The number of hydrogen-bond acceptors (Lipinski definition) is 9. The fourth-order valence-electron chi connectivity index (χ4n) is 15.6. The van der Waals surface area contributed by atoms with E-state index in [1.165, 1.54) is 77.0 Å². The van der Waals surface area contributed by atoms with Gasteiger partial charge in [0.05, 0.1) is 30.6 Å². The highest BCUT2D eigenvalue weighted by Gasteiger charge is 2.47. The number of piperidine rings is 2. The number of aliphatic hydroxyl groups is 3. The van der Waals surface area contributed by atoms with Crippen LogP contribution in [-0.4, -0.2) is 83.7 Å². The van der Waals surface area contributed by atoms with Gasteiger partial charge < -0.3 is 36.4 Å². The number of methoxy groups -OCH3 is 1. The molecule has 17 unspecified atom stereocenters. The van der Waals surface area contributed by atoms with Gasteiger partial charge in [0, 0.05) is 38.3 Å². The first-order valence-electron chi connectivity index (χ1n) is 25.9. The number of fused-ring (bicyclic) bond motifs is 3. The van der Waals surface area contributed by atoms with Crippen LogP contribution in [0.25, 0.3) is 0 Å². The van der Waals surface area contributed by atoms with Gasteiger partial charge in [-0.25, -0.2) is 0 Å². The van der Waals surface area contributed by atoms with Crippen molar-refractivity contribution in [1.29, 1.82) is 0 Å². The molecule has 61 heavy (non-hydrogen) atoms. The first-order valence-corrected chi connectivity index (χ1v) is 25.9. The van der Waals surface area contributed by atoms with Gasteiger partial charge in [-0.05, 0) is 181 Å². The van der Waals surface area contributed by atoms with E-state index >= 15 is 0 Å². The lowest BCUT2D eigenvalue weighted by atomic mass is 9.61. The van der Waals surface area contributed by atoms with Crippen molar-refractivity contribution in [2.75, 3.05) is 20.2 Å². The summed E-state index contributed by atoms with van der Waals surface area (Å²) >= 11 is 0.